The van der Waals surface area contributed by atoms with E-state index in [2.05, 4.69) is 0 Å². The molecule has 0 fully saturated rings. The van der Waals surface area contributed by atoms with Gasteiger partial charge in [0.05, 0.1) is 6.26 Å². The molecule has 5 heteroatoms. The van der Waals surface area contributed by atoms with Crippen LogP contribution in [0, 0.1) is 6.92 Å². The van der Waals surface area contributed by atoms with Gasteiger partial charge in [-0.2, -0.15) is 8.42 Å². The van der Waals surface area contributed by atoms with Crippen molar-refractivity contribution < 1.29 is 17.0 Å². The molecule has 0 N–H and O–H groups in total. The maximum absolute atomic E-state index is 12.4. The molecule has 0 bridgehead atoms. The minimum atomic E-state index is -3.89. The monoisotopic (exact) mass is 314 g/mol. The van der Waals surface area contributed by atoms with E-state index < -0.39 is 10.1 Å². The van der Waals surface area contributed by atoms with E-state index in [0.717, 1.165) is 11.1 Å². The maximum atomic E-state index is 12.4. The highest BCUT2D eigenvalue weighted by Gasteiger charge is 2.19. The Hall–Kier alpha value is -2.53. The Labute approximate surface area is 129 Å². The van der Waals surface area contributed by atoms with Crippen LogP contribution >= 0.6 is 0 Å². The number of para-hydroxylation sites is 1. The average Bonchev–Trinajstić information content (AvgIpc) is 3.02. The number of hydrogen-bond donors (Lipinski definition) is 0. The van der Waals surface area contributed by atoms with Crippen LogP contribution in [0.5, 0.6) is 5.75 Å². The first-order valence-electron chi connectivity index (χ1n) is 6.70. The van der Waals surface area contributed by atoms with Crippen LogP contribution in [0.15, 0.2) is 76.2 Å². The quantitative estimate of drug-likeness (QED) is 0.682. The highest BCUT2D eigenvalue weighted by molar-refractivity contribution is 7.87. The van der Waals surface area contributed by atoms with Gasteiger partial charge in [0.15, 0.2) is 0 Å². The first-order chi connectivity index (χ1) is 10.6. The number of rotatable bonds is 4. The molecule has 0 saturated heterocycles. The molecular weight excluding hydrogens is 300 g/mol. The third kappa shape index (κ3) is 2.89. The van der Waals surface area contributed by atoms with Crippen molar-refractivity contribution >= 4 is 10.1 Å². The Morgan fingerprint density at radius 3 is 2.41 bits per heavy atom. The van der Waals surface area contributed by atoms with Crippen molar-refractivity contribution in [2.75, 3.05) is 0 Å². The van der Waals surface area contributed by atoms with Crippen molar-refractivity contribution in [2.24, 2.45) is 0 Å². The summed E-state index contributed by atoms with van der Waals surface area (Å²) in [5.74, 6) is 0.900. The van der Waals surface area contributed by atoms with Crippen molar-refractivity contribution in [3.8, 4) is 17.1 Å². The molecule has 0 radical (unpaired) electrons. The predicted octanol–water partition coefficient (Wildman–Crippen LogP) is 4.02. The van der Waals surface area contributed by atoms with Gasteiger partial charge < -0.3 is 8.60 Å². The molecule has 0 atom stereocenters. The third-order valence-corrected chi connectivity index (χ3v) is 4.48. The van der Waals surface area contributed by atoms with Crippen LogP contribution in [-0.4, -0.2) is 8.42 Å². The van der Waals surface area contributed by atoms with Gasteiger partial charge >= 0.3 is 10.1 Å². The summed E-state index contributed by atoms with van der Waals surface area (Å²) < 4.78 is 35.3. The fourth-order valence-electron chi connectivity index (χ4n) is 2.10. The molecule has 2 aromatic carbocycles. The Kier molecular flexibility index (Phi) is 3.73. The van der Waals surface area contributed by atoms with E-state index in [1.807, 2.05) is 6.92 Å². The van der Waals surface area contributed by atoms with Crippen LogP contribution < -0.4 is 4.18 Å². The molecule has 112 valence electrons. The second-order valence-electron chi connectivity index (χ2n) is 4.80. The van der Waals surface area contributed by atoms with E-state index in [1.54, 1.807) is 60.9 Å². The first kappa shape index (κ1) is 14.4. The van der Waals surface area contributed by atoms with Crippen LogP contribution in [0.2, 0.25) is 0 Å². The Morgan fingerprint density at radius 1 is 0.955 bits per heavy atom. The number of furan rings is 1. The van der Waals surface area contributed by atoms with Crippen LogP contribution in [0.4, 0.5) is 0 Å². The SMILES string of the molecule is Cc1ccc(S(=O)(=O)Oc2ccccc2)cc1-c1ccco1. The zero-order valence-electron chi connectivity index (χ0n) is 11.9. The summed E-state index contributed by atoms with van der Waals surface area (Å²) in [6.45, 7) is 1.90. The molecule has 3 aromatic rings. The van der Waals surface area contributed by atoms with E-state index in [9.17, 15) is 8.42 Å². The van der Waals surface area contributed by atoms with Crippen molar-refractivity contribution in [2.45, 2.75) is 11.8 Å². The Balaban J connectivity index is 1.99. The molecular formula is C17H14O4S. The second-order valence-corrected chi connectivity index (χ2v) is 6.35. The van der Waals surface area contributed by atoms with E-state index in [1.165, 1.54) is 6.07 Å². The number of hydrogen-bond acceptors (Lipinski definition) is 4. The van der Waals surface area contributed by atoms with Crippen molar-refractivity contribution in [3.63, 3.8) is 0 Å². The average molecular weight is 314 g/mol. The lowest BCUT2D eigenvalue weighted by molar-refractivity contribution is 0.486. The summed E-state index contributed by atoms with van der Waals surface area (Å²) in [6, 6.07) is 16.8. The molecule has 4 nitrogen and oxygen atoms in total. The summed E-state index contributed by atoms with van der Waals surface area (Å²) in [7, 11) is -3.89. The van der Waals surface area contributed by atoms with Crippen LogP contribution in [0.1, 0.15) is 5.56 Å². The van der Waals surface area contributed by atoms with E-state index in [-0.39, 0.29) is 10.6 Å². The highest BCUT2D eigenvalue weighted by atomic mass is 32.2. The Morgan fingerprint density at radius 2 is 1.73 bits per heavy atom. The van der Waals surface area contributed by atoms with Gasteiger partial charge in [0.25, 0.3) is 0 Å². The standard InChI is InChI=1S/C17H14O4S/c1-13-9-10-15(12-16(13)17-8-5-11-20-17)22(18,19)21-14-6-3-2-4-7-14/h2-12H,1H3. The van der Waals surface area contributed by atoms with Crippen molar-refractivity contribution in [1.29, 1.82) is 0 Å². The molecule has 0 aliphatic rings. The molecule has 1 aromatic heterocycles. The van der Waals surface area contributed by atoms with Gasteiger partial charge in [-0.1, -0.05) is 24.3 Å². The van der Waals surface area contributed by atoms with E-state index >= 15 is 0 Å². The van der Waals surface area contributed by atoms with Gasteiger partial charge in [0.2, 0.25) is 0 Å². The molecule has 0 aliphatic heterocycles. The lowest BCUT2D eigenvalue weighted by Crippen LogP contribution is -2.10. The predicted molar refractivity (Wildman–Crippen MR) is 83.1 cm³/mol. The number of aryl methyl sites for hydroxylation is 1. The normalized spacial score (nSPS) is 11.3. The molecule has 22 heavy (non-hydrogen) atoms. The molecule has 3 rings (SSSR count). The topological polar surface area (TPSA) is 56.5 Å². The van der Waals surface area contributed by atoms with Gasteiger partial charge in [0.1, 0.15) is 16.4 Å². The fraction of sp³-hybridized carbons (Fsp3) is 0.0588. The summed E-state index contributed by atoms with van der Waals surface area (Å²) in [5, 5.41) is 0. The molecule has 0 unspecified atom stereocenters. The largest absolute Gasteiger partial charge is 0.464 e. The summed E-state index contributed by atoms with van der Waals surface area (Å²) in [5.41, 5.74) is 1.65. The van der Waals surface area contributed by atoms with Crippen LogP contribution in [0.3, 0.4) is 0 Å². The minimum absolute atomic E-state index is 0.0911. The van der Waals surface area contributed by atoms with E-state index in [4.69, 9.17) is 8.60 Å². The van der Waals surface area contributed by atoms with Crippen LogP contribution in [0.25, 0.3) is 11.3 Å². The molecule has 0 saturated carbocycles. The van der Waals surface area contributed by atoms with Gasteiger partial charge in [-0.15, -0.1) is 0 Å². The maximum Gasteiger partial charge on any atom is 0.339 e. The molecule has 0 aliphatic carbocycles. The zero-order chi connectivity index (χ0) is 15.6. The third-order valence-electron chi connectivity index (χ3n) is 3.23. The highest BCUT2D eigenvalue weighted by Crippen LogP contribution is 2.28. The zero-order valence-corrected chi connectivity index (χ0v) is 12.7. The van der Waals surface area contributed by atoms with Crippen molar-refractivity contribution in [1.82, 2.24) is 0 Å². The Bertz CT molecular complexity index is 866. The lowest BCUT2D eigenvalue weighted by Gasteiger charge is -2.09. The molecule has 0 amide bonds. The summed E-state index contributed by atoms with van der Waals surface area (Å²) in [6.07, 6.45) is 1.55. The summed E-state index contributed by atoms with van der Waals surface area (Å²) in [4.78, 5) is 0.0911. The van der Waals surface area contributed by atoms with Gasteiger partial charge in [-0.25, -0.2) is 0 Å². The van der Waals surface area contributed by atoms with Crippen molar-refractivity contribution in [3.05, 3.63) is 72.5 Å². The van der Waals surface area contributed by atoms with Gasteiger partial charge in [-0.3, -0.25) is 0 Å². The lowest BCUT2D eigenvalue weighted by atomic mass is 10.1. The van der Waals surface area contributed by atoms with Gasteiger partial charge in [-0.05, 0) is 48.9 Å². The smallest absolute Gasteiger partial charge is 0.339 e. The van der Waals surface area contributed by atoms with Crippen LogP contribution in [-0.2, 0) is 10.1 Å². The minimum Gasteiger partial charge on any atom is -0.464 e. The second kappa shape index (κ2) is 5.69. The molecule has 0 spiro atoms. The first-order valence-corrected chi connectivity index (χ1v) is 8.11. The summed E-state index contributed by atoms with van der Waals surface area (Å²) >= 11 is 0. The number of benzene rings is 2. The molecule has 1 heterocycles. The fourth-order valence-corrected chi connectivity index (χ4v) is 3.06. The van der Waals surface area contributed by atoms with E-state index in [0.29, 0.717) is 5.76 Å². The van der Waals surface area contributed by atoms with Gasteiger partial charge in [0, 0.05) is 5.56 Å².